The monoisotopic (exact) mass is 479 g/mol. The lowest BCUT2D eigenvalue weighted by molar-refractivity contribution is -0.137. The molecule has 172 valence electrons. The third-order valence-electron chi connectivity index (χ3n) is 5.72. The lowest BCUT2D eigenvalue weighted by atomic mass is 9.87. The number of ether oxygens (including phenoxy) is 2. The van der Waals surface area contributed by atoms with Crippen LogP contribution in [-0.2, 0) is 24.2 Å². The molecule has 0 fully saturated rings. The van der Waals surface area contributed by atoms with Crippen LogP contribution in [0.4, 0.5) is 13.2 Å². The molecular weight excluding hydrogens is 463 g/mol. The van der Waals surface area contributed by atoms with Crippen LogP contribution in [0.15, 0.2) is 12.4 Å². The number of hydrogen-bond donors (Lipinski definition) is 2. The van der Waals surface area contributed by atoms with Gasteiger partial charge in [-0.2, -0.15) is 13.8 Å². The number of nitrogens with one attached hydrogen (secondary N) is 2. The van der Waals surface area contributed by atoms with E-state index >= 15 is 4.39 Å². The number of nitrogens with zero attached hydrogens (tertiary/aromatic N) is 3. The molecule has 1 aliphatic heterocycles. The van der Waals surface area contributed by atoms with Crippen LogP contribution in [0.3, 0.4) is 0 Å². The number of pyridine rings is 1. The van der Waals surface area contributed by atoms with Gasteiger partial charge >= 0.3 is 12.6 Å². The summed E-state index contributed by atoms with van der Waals surface area (Å²) < 4.78 is 49.6. The van der Waals surface area contributed by atoms with Crippen LogP contribution in [-0.4, -0.2) is 39.0 Å². The Labute approximate surface area is 190 Å². The minimum absolute atomic E-state index is 0.0653. The molecule has 12 heteroatoms. The van der Waals surface area contributed by atoms with Gasteiger partial charge in [0.15, 0.2) is 5.82 Å². The van der Waals surface area contributed by atoms with Crippen molar-refractivity contribution in [2.45, 2.75) is 38.9 Å². The van der Waals surface area contributed by atoms with Crippen molar-refractivity contribution >= 4 is 17.5 Å². The van der Waals surface area contributed by atoms with Crippen LogP contribution in [0.1, 0.15) is 45.6 Å². The number of aromatic nitrogens is 4. The van der Waals surface area contributed by atoms with E-state index in [1.807, 2.05) is 6.92 Å². The average molecular weight is 480 g/mol. The van der Waals surface area contributed by atoms with Gasteiger partial charge in [-0.3, -0.25) is 4.79 Å². The zero-order valence-electron chi connectivity index (χ0n) is 17.2. The van der Waals surface area contributed by atoms with Crippen molar-refractivity contribution in [3.8, 4) is 23.1 Å². The van der Waals surface area contributed by atoms with Gasteiger partial charge in [-0.25, -0.2) is 14.4 Å². The number of fused-ring (bicyclic) bond motifs is 5. The van der Waals surface area contributed by atoms with Crippen LogP contribution < -0.4 is 10.1 Å². The highest BCUT2D eigenvalue weighted by atomic mass is 35.5. The highest BCUT2D eigenvalue weighted by Gasteiger charge is 2.34. The smallest absolute Gasteiger partial charge is 0.345 e. The number of aryl methyl sites for hydroxylation is 1. The first kappa shape index (κ1) is 21.7. The number of alkyl halides is 2. The summed E-state index contributed by atoms with van der Waals surface area (Å²) in [6, 6.07) is -0.304. The van der Waals surface area contributed by atoms with E-state index in [0.29, 0.717) is 36.2 Å². The fourth-order valence-corrected chi connectivity index (χ4v) is 4.32. The Kier molecular flexibility index (Phi) is 5.45. The number of aromatic amines is 1. The van der Waals surface area contributed by atoms with Crippen LogP contribution >= 0.6 is 11.6 Å². The summed E-state index contributed by atoms with van der Waals surface area (Å²) >= 11 is 5.97. The molecule has 1 amide bonds. The van der Waals surface area contributed by atoms with E-state index in [4.69, 9.17) is 16.3 Å². The van der Waals surface area contributed by atoms with E-state index in [0.717, 1.165) is 17.5 Å². The molecule has 1 aliphatic carbocycles. The zero-order valence-corrected chi connectivity index (χ0v) is 18.0. The molecule has 0 bridgehead atoms. The van der Waals surface area contributed by atoms with Crippen LogP contribution in [0, 0.1) is 5.82 Å². The van der Waals surface area contributed by atoms with Crippen molar-refractivity contribution in [1.82, 2.24) is 25.3 Å². The molecule has 0 spiro atoms. The highest BCUT2D eigenvalue weighted by Crippen LogP contribution is 2.42. The van der Waals surface area contributed by atoms with Crippen molar-refractivity contribution in [3.63, 3.8) is 0 Å². The summed E-state index contributed by atoms with van der Waals surface area (Å²) in [6.07, 6.45) is 3.75. The van der Waals surface area contributed by atoms with E-state index in [-0.39, 0.29) is 40.0 Å². The highest BCUT2D eigenvalue weighted by molar-refractivity contribution is 6.30. The molecule has 1 atom stereocenters. The molecule has 0 radical (unpaired) electrons. The lowest BCUT2D eigenvalue weighted by Gasteiger charge is -2.21. The molecule has 0 saturated heterocycles. The maximum atomic E-state index is 15.6. The SMILES string of the molecule is C[C@@H]1CNC(=O)c2c1[nH]c1c2CCc2cnc(Oc3ncc(COC(F)F)c(Cl)n3)c(F)c2-1. The van der Waals surface area contributed by atoms with E-state index in [1.54, 1.807) is 0 Å². The first-order valence-corrected chi connectivity index (χ1v) is 10.5. The fraction of sp³-hybridized carbons (Fsp3) is 0.333. The summed E-state index contributed by atoms with van der Waals surface area (Å²) in [5, 5.41) is 2.69. The molecule has 4 heterocycles. The molecule has 3 aromatic heterocycles. The van der Waals surface area contributed by atoms with Gasteiger partial charge in [0, 0.05) is 41.7 Å². The fourth-order valence-electron chi connectivity index (χ4n) is 4.14. The van der Waals surface area contributed by atoms with Crippen molar-refractivity contribution < 1.29 is 27.4 Å². The van der Waals surface area contributed by atoms with Gasteiger partial charge in [-0.1, -0.05) is 18.5 Å². The van der Waals surface area contributed by atoms with Crippen molar-refractivity contribution in [1.29, 1.82) is 0 Å². The van der Waals surface area contributed by atoms with E-state index < -0.39 is 19.0 Å². The van der Waals surface area contributed by atoms with Crippen LogP contribution in [0.5, 0.6) is 11.9 Å². The van der Waals surface area contributed by atoms with Gasteiger partial charge in [0.1, 0.15) is 5.15 Å². The van der Waals surface area contributed by atoms with Gasteiger partial charge in [0.25, 0.3) is 11.8 Å². The normalized spacial score (nSPS) is 16.8. The van der Waals surface area contributed by atoms with Gasteiger partial charge in [-0.15, -0.1) is 0 Å². The maximum absolute atomic E-state index is 15.6. The van der Waals surface area contributed by atoms with Gasteiger partial charge in [-0.05, 0) is 24.0 Å². The molecular formula is C21H17ClF3N5O3. The van der Waals surface area contributed by atoms with Gasteiger partial charge in [0.2, 0.25) is 0 Å². The number of carbonyl (C=O) groups excluding carboxylic acids is 1. The first-order valence-electron chi connectivity index (χ1n) is 10.1. The summed E-state index contributed by atoms with van der Waals surface area (Å²) in [5.41, 5.74) is 3.74. The number of hydrogen-bond acceptors (Lipinski definition) is 6. The van der Waals surface area contributed by atoms with Crippen molar-refractivity contribution in [2.75, 3.05) is 6.54 Å². The summed E-state index contributed by atoms with van der Waals surface area (Å²) in [7, 11) is 0. The van der Waals surface area contributed by atoms with E-state index in [9.17, 15) is 13.6 Å². The van der Waals surface area contributed by atoms with Crippen LogP contribution in [0.2, 0.25) is 5.15 Å². The molecule has 2 N–H and O–H groups in total. The van der Waals surface area contributed by atoms with E-state index in [1.165, 1.54) is 6.20 Å². The standard InChI is InChI=1S/C21H17ClF3N5O3/c1-8-4-26-18(31)13-11-3-2-9-5-27-19(14(23)12(9)16(11)29-15(8)13)33-21-28-6-10(17(22)30-21)7-32-20(24)25/h5-6,8,20,29H,2-4,7H2,1H3,(H,26,31)/t8-/m1/s1. The van der Waals surface area contributed by atoms with E-state index in [2.05, 4.69) is 30.0 Å². The predicted molar refractivity (Wildman–Crippen MR) is 110 cm³/mol. The molecule has 3 aromatic rings. The summed E-state index contributed by atoms with van der Waals surface area (Å²) in [5.74, 6) is -1.21. The van der Waals surface area contributed by atoms with Crippen molar-refractivity contribution in [2.24, 2.45) is 0 Å². The number of halogens is 4. The zero-order chi connectivity index (χ0) is 23.3. The maximum Gasteiger partial charge on any atom is 0.345 e. The Balaban J connectivity index is 1.49. The molecule has 5 rings (SSSR count). The average Bonchev–Trinajstić information content (AvgIpc) is 3.18. The Morgan fingerprint density at radius 3 is 2.82 bits per heavy atom. The number of amides is 1. The molecule has 33 heavy (non-hydrogen) atoms. The lowest BCUT2D eigenvalue weighted by Crippen LogP contribution is -2.34. The van der Waals surface area contributed by atoms with Crippen molar-refractivity contribution in [3.05, 3.63) is 51.3 Å². The Hall–Kier alpha value is -3.18. The second-order valence-electron chi connectivity index (χ2n) is 7.80. The number of rotatable bonds is 5. The topological polar surface area (TPSA) is 102 Å². The molecule has 2 aliphatic rings. The molecule has 8 nitrogen and oxygen atoms in total. The molecule has 0 saturated carbocycles. The summed E-state index contributed by atoms with van der Waals surface area (Å²) in [4.78, 5) is 27.5. The van der Waals surface area contributed by atoms with Gasteiger partial charge < -0.3 is 19.8 Å². The Bertz CT molecular complexity index is 1270. The predicted octanol–water partition coefficient (Wildman–Crippen LogP) is 4.14. The summed E-state index contributed by atoms with van der Waals surface area (Å²) in [6.45, 7) is -0.977. The second kappa shape index (κ2) is 8.31. The van der Waals surface area contributed by atoms with Crippen LogP contribution in [0.25, 0.3) is 11.3 Å². The third kappa shape index (κ3) is 3.80. The second-order valence-corrected chi connectivity index (χ2v) is 8.16. The quantitative estimate of drug-likeness (QED) is 0.533. The Morgan fingerprint density at radius 2 is 2.06 bits per heavy atom. The Morgan fingerprint density at radius 1 is 1.24 bits per heavy atom. The number of H-pyrrole nitrogens is 1. The minimum Gasteiger partial charge on any atom is -0.402 e. The third-order valence-corrected chi connectivity index (χ3v) is 6.05. The number of carbonyl (C=O) groups is 1. The molecule has 0 unspecified atom stereocenters. The largest absolute Gasteiger partial charge is 0.402 e. The first-order chi connectivity index (χ1) is 15.8. The minimum atomic E-state index is -2.97. The van der Waals surface area contributed by atoms with Gasteiger partial charge in [0.05, 0.1) is 17.9 Å². The molecule has 0 aromatic carbocycles.